The average Bonchev–Trinajstić information content (AvgIpc) is 2.82. The van der Waals surface area contributed by atoms with Gasteiger partial charge in [-0.05, 0) is 24.6 Å². The van der Waals surface area contributed by atoms with E-state index in [1.54, 1.807) is 37.3 Å². The van der Waals surface area contributed by atoms with Gasteiger partial charge in [-0.2, -0.15) is 0 Å². The van der Waals surface area contributed by atoms with Crippen LogP contribution < -0.4 is 10.2 Å². The molecule has 202 valence electrons. The SMILES string of the molecule is CC1=C(C(=O)OCC(Cl)(Cl)Cl)N2C(=O)C(NC(=O)CN(C(=O)OCC(Cl)(Cl)Cl)c3ccccc3)[C@@H]2SC1. The molecule has 1 fully saturated rings. The topological polar surface area (TPSA) is 105 Å². The molecule has 2 heterocycles. The number of carbonyl (C=O) groups is 4. The molecule has 3 rings (SSSR count). The maximum absolute atomic E-state index is 12.9. The summed E-state index contributed by atoms with van der Waals surface area (Å²) >= 11 is 35.2. The first-order valence-electron chi connectivity index (χ1n) is 10.4. The van der Waals surface area contributed by atoms with Crippen molar-refractivity contribution >= 4 is 111 Å². The lowest BCUT2D eigenvalue weighted by Gasteiger charge is -2.49. The summed E-state index contributed by atoms with van der Waals surface area (Å²) in [5, 5.41) is 2.03. The summed E-state index contributed by atoms with van der Waals surface area (Å²) in [7, 11) is 0. The lowest BCUT2D eigenvalue weighted by molar-refractivity contribution is -0.152. The molecule has 16 heteroatoms. The molecule has 0 aliphatic carbocycles. The van der Waals surface area contributed by atoms with Crippen molar-refractivity contribution < 1.29 is 28.7 Å². The Hall–Kier alpha value is -1.27. The summed E-state index contributed by atoms with van der Waals surface area (Å²) in [5.74, 6) is -1.60. The molecule has 1 unspecified atom stereocenters. The van der Waals surface area contributed by atoms with E-state index in [2.05, 4.69) is 5.32 Å². The monoisotopic (exact) mass is 651 g/mol. The molecule has 0 bridgehead atoms. The number of nitrogens with zero attached hydrogens (tertiary/aromatic N) is 2. The molecule has 0 spiro atoms. The van der Waals surface area contributed by atoms with Crippen molar-refractivity contribution in [2.75, 3.05) is 30.4 Å². The van der Waals surface area contributed by atoms with Crippen molar-refractivity contribution in [1.29, 1.82) is 0 Å². The van der Waals surface area contributed by atoms with Crippen molar-refractivity contribution in [2.45, 2.75) is 25.9 Å². The average molecular weight is 654 g/mol. The van der Waals surface area contributed by atoms with E-state index in [4.69, 9.17) is 79.1 Å². The number of thioether (sulfide) groups is 1. The van der Waals surface area contributed by atoms with Crippen molar-refractivity contribution in [3.63, 3.8) is 0 Å². The van der Waals surface area contributed by atoms with E-state index in [1.807, 2.05) is 0 Å². The number of alkyl halides is 6. The van der Waals surface area contributed by atoms with Crippen LogP contribution in [0.3, 0.4) is 0 Å². The number of ether oxygens (including phenoxy) is 2. The van der Waals surface area contributed by atoms with Crippen LogP contribution in [0.25, 0.3) is 0 Å². The van der Waals surface area contributed by atoms with Crippen LogP contribution in [-0.4, -0.2) is 73.3 Å². The van der Waals surface area contributed by atoms with Gasteiger partial charge in [0, 0.05) is 11.4 Å². The molecule has 2 aliphatic heterocycles. The maximum Gasteiger partial charge on any atom is 0.414 e. The molecule has 1 saturated heterocycles. The van der Waals surface area contributed by atoms with Crippen molar-refractivity contribution in [3.8, 4) is 0 Å². The predicted octanol–water partition coefficient (Wildman–Crippen LogP) is 4.59. The van der Waals surface area contributed by atoms with Gasteiger partial charge in [-0.1, -0.05) is 87.8 Å². The first-order valence-corrected chi connectivity index (χ1v) is 13.7. The Morgan fingerprint density at radius 1 is 1.05 bits per heavy atom. The Balaban J connectivity index is 1.68. The van der Waals surface area contributed by atoms with E-state index in [-0.39, 0.29) is 5.70 Å². The van der Waals surface area contributed by atoms with Crippen LogP contribution in [0.15, 0.2) is 41.6 Å². The van der Waals surface area contributed by atoms with E-state index in [9.17, 15) is 19.2 Å². The molecule has 37 heavy (non-hydrogen) atoms. The van der Waals surface area contributed by atoms with E-state index in [0.717, 1.165) is 4.90 Å². The lowest BCUT2D eigenvalue weighted by Crippen LogP contribution is -2.71. The van der Waals surface area contributed by atoms with Gasteiger partial charge < -0.3 is 14.8 Å². The predicted molar refractivity (Wildman–Crippen MR) is 144 cm³/mol. The molecular weight excluding hydrogens is 635 g/mol. The van der Waals surface area contributed by atoms with Gasteiger partial charge in [0.2, 0.25) is 13.5 Å². The van der Waals surface area contributed by atoms with Crippen molar-refractivity contribution in [1.82, 2.24) is 10.2 Å². The molecule has 1 aromatic rings. The van der Waals surface area contributed by atoms with Crippen LogP contribution in [-0.2, 0) is 23.9 Å². The number of anilines is 1. The third-order valence-corrected chi connectivity index (χ3v) is 7.06. The summed E-state index contributed by atoms with van der Waals surface area (Å²) in [6, 6.07) is 7.26. The van der Waals surface area contributed by atoms with Gasteiger partial charge in [0.25, 0.3) is 5.91 Å². The number of carbonyl (C=O) groups excluding carboxylic acids is 4. The molecule has 3 amide bonds. The van der Waals surface area contributed by atoms with Gasteiger partial charge in [-0.3, -0.25) is 19.4 Å². The van der Waals surface area contributed by atoms with Crippen LogP contribution in [0, 0.1) is 0 Å². The molecule has 2 atom stereocenters. The highest BCUT2D eigenvalue weighted by Gasteiger charge is 2.54. The first-order chi connectivity index (χ1) is 17.2. The van der Waals surface area contributed by atoms with E-state index >= 15 is 0 Å². The van der Waals surface area contributed by atoms with Gasteiger partial charge in [-0.25, -0.2) is 9.59 Å². The summed E-state index contributed by atoms with van der Waals surface area (Å²) in [6.45, 7) is 0.141. The number of nitrogens with one attached hydrogen (secondary N) is 1. The smallest absolute Gasteiger partial charge is 0.414 e. The quantitative estimate of drug-likeness (QED) is 0.261. The molecule has 0 aromatic heterocycles. The van der Waals surface area contributed by atoms with E-state index in [0.29, 0.717) is 17.0 Å². The van der Waals surface area contributed by atoms with Crippen LogP contribution in [0.5, 0.6) is 0 Å². The Morgan fingerprint density at radius 2 is 1.65 bits per heavy atom. The zero-order valence-electron chi connectivity index (χ0n) is 18.9. The number of fused-ring (bicyclic) bond motifs is 1. The van der Waals surface area contributed by atoms with Crippen LogP contribution in [0.1, 0.15) is 6.92 Å². The van der Waals surface area contributed by atoms with Crippen molar-refractivity contribution in [2.24, 2.45) is 0 Å². The molecule has 1 N–H and O–H groups in total. The number of halogens is 6. The second-order valence-corrected chi connectivity index (χ2v) is 14.0. The second kappa shape index (κ2) is 12.3. The van der Waals surface area contributed by atoms with E-state index < -0.39 is 62.6 Å². The first kappa shape index (κ1) is 30.3. The Labute approximate surface area is 246 Å². The van der Waals surface area contributed by atoms with Crippen LogP contribution >= 0.6 is 81.4 Å². The summed E-state index contributed by atoms with van der Waals surface area (Å²) in [4.78, 5) is 53.3. The number of rotatable bonds is 7. The lowest BCUT2D eigenvalue weighted by atomic mass is 10.0. The largest absolute Gasteiger partial charge is 0.456 e. The number of benzene rings is 1. The Kier molecular flexibility index (Phi) is 10.0. The third-order valence-electron chi connectivity index (χ3n) is 4.98. The van der Waals surface area contributed by atoms with Gasteiger partial charge >= 0.3 is 12.1 Å². The fraction of sp³-hybridized carbons (Fsp3) is 0.429. The van der Waals surface area contributed by atoms with Gasteiger partial charge in [0.05, 0.1) is 0 Å². The molecular formula is C21H19Cl6N3O6S. The highest BCUT2D eigenvalue weighted by molar-refractivity contribution is 8.00. The summed E-state index contributed by atoms with van der Waals surface area (Å²) in [6.07, 6.45) is -0.932. The van der Waals surface area contributed by atoms with Crippen molar-refractivity contribution in [3.05, 3.63) is 41.6 Å². The summed E-state index contributed by atoms with van der Waals surface area (Å²) in [5.41, 5.74) is 0.980. The number of β-lactam (4-membered cyclic amide) rings is 1. The zero-order chi connectivity index (χ0) is 27.5. The number of para-hydroxylation sites is 1. The van der Waals surface area contributed by atoms with Gasteiger partial charge in [-0.15, -0.1) is 11.8 Å². The van der Waals surface area contributed by atoms with Crippen LogP contribution in [0.2, 0.25) is 0 Å². The highest BCUT2D eigenvalue weighted by atomic mass is 35.6. The number of hydrogen-bond acceptors (Lipinski definition) is 7. The van der Waals surface area contributed by atoms with Gasteiger partial charge in [0.1, 0.15) is 36.9 Å². The fourth-order valence-electron chi connectivity index (χ4n) is 3.43. The number of hydrogen-bond donors (Lipinski definition) is 1. The normalized spacial score (nSPS) is 19.5. The Morgan fingerprint density at radius 3 is 2.24 bits per heavy atom. The van der Waals surface area contributed by atoms with E-state index in [1.165, 1.54) is 16.7 Å². The molecule has 0 saturated carbocycles. The zero-order valence-corrected chi connectivity index (χ0v) is 24.2. The highest BCUT2D eigenvalue weighted by Crippen LogP contribution is 2.40. The minimum atomic E-state index is -1.84. The second-order valence-electron chi connectivity index (χ2n) is 7.87. The molecule has 2 aliphatic rings. The molecule has 9 nitrogen and oxygen atoms in total. The minimum Gasteiger partial charge on any atom is -0.456 e. The van der Waals surface area contributed by atoms with Crippen LogP contribution in [0.4, 0.5) is 10.5 Å². The molecule has 1 aromatic carbocycles. The number of esters is 1. The molecule has 0 radical (unpaired) electrons. The summed E-state index contributed by atoms with van der Waals surface area (Å²) < 4.78 is 6.40. The number of amides is 3. The fourth-order valence-corrected chi connectivity index (χ4v) is 5.05. The maximum atomic E-state index is 12.9. The third kappa shape index (κ3) is 8.11. The Bertz CT molecular complexity index is 1090. The standard InChI is InChI=1S/C21H19Cl6N3O6S/c1-11-8-37-17-14(16(32)30(17)15(11)18(33)35-9-20(22,23)24)28-13(31)7-29(12-5-3-2-4-6-12)19(34)36-10-21(25,26)27/h2-6,14,17H,7-10H2,1H3,(H,28,31)/t14?,17-/m0/s1. The minimum absolute atomic E-state index is 0.0368. The van der Waals surface area contributed by atoms with Gasteiger partial charge in [0.15, 0.2) is 0 Å².